The molecule has 0 saturated carbocycles. The minimum atomic E-state index is 0.0781. The molecule has 1 aromatic heterocycles. The maximum absolute atomic E-state index is 12.4. The zero-order valence-electron chi connectivity index (χ0n) is 14.1. The van der Waals surface area contributed by atoms with Gasteiger partial charge in [-0.15, -0.1) is 11.3 Å². The Kier molecular flexibility index (Phi) is 5.80. The monoisotopic (exact) mass is 352 g/mol. The summed E-state index contributed by atoms with van der Waals surface area (Å²) in [5.41, 5.74) is 0.849. The van der Waals surface area contributed by atoms with E-state index in [1.807, 2.05) is 10.3 Å². The highest BCUT2D eigenvalue weighted by Crippen LogP contribution is 2.15. The Hall–Kier alpha value is -1.51. The number of hydrogen-bond donors (Lipinski definition) is 0. The van der Waals surface area contributed by atoms with Gasteiger partial charge in [-0.05, 0) is 0 Å². The van der Waals surface area contributed by atoms with Gasteiger partial charge in [0.05, 0.1) is 31.9 Å². The summed E-state index contributed by atoms with van der Waals surface area (Å²) in [5.74, 6) is 0.177. The quantitative estimate of drug-likeness (QED) is 0.775. The van der Waals surface area contributed by atoms with Crippen LogP contribution in [0.15, 0.2) is 5.38 Å². The molecule has 2 saturated heterocycles. The van der Waals surface area contributed by atoms with E-state index in [4.69, 9.17) is 4.74 Å². The molecule has 0 spiro atoms. The maximum Gasteiger partial charge on any atom is 0.228 e. The largest absolute Gasteiger partial charge is 0.379 e. The summed E-state index contributed by atoms with van der Waals surface area (Å²) in [6.45, 7) is 8.32. The highest BCUT2D eigenvalue weighted by atomic mass is 32.1. The number of hydrogen-bond acceptors (Lipinski definition) is 6. The van der Waals surface area contributed by atoms with Crippen molar-refractivity contribution in [1.29, 1.82) is 0 Å². The van der Waals surface area contributed by atoms with E-state index in [0.29, 0.717) is 32.6 Å². The van der Waals surface area contributed by atoms with Crippen LogP contribution in [-0.2, 0) is 27.3 Å². The lowest BCUT2D eigenvalue weighted by molar-refractivity contribution is -0.138. The molecule has 1 aromatic rings. The van der Waals surface area contributed by atoms with E-state index in [9.17, 15) is 9.59 Å². The van der Waals surface area contributed by atoms with Crippen molar-refractivity contribution in [2.24, 2.45) is 0 Å². The average Bonchev–Trinajstić information content (AvgIpc) is 3.02. The molecule has 0 unspecified atom stereocenters. The van der Waals surface area contributed by atoms with Gasteiger partial charge in [0, 0.05) is 51.6 Å². The lowest BCUT2D eigenvalue weighted by Gasteiger charge is -2.34. The summed E-state index contributed by atoms with van der Waals surface area (Å²) in [7, 11) is 0. The van der Waals surface area contributed by atoms with Crippen LogP contribution in [0.25, 0.3) is 0 Å². The minimum Gasteiger partial charge on any atom is -0.379 e. The van der Waals surface area contributed by atoms with Crippen molar-refractivity contribution in [1.82, 2.24) is 19.7 Å². The molecule has 2 aliphatic heterocycles. The number of rotatable bonds is 4. The van der Waals surface area contributed by atoms with Gasteiger partial charge in [-0.25, -0.2) is 4.98 Å². The molecule has 7 nitrogen and oxygen atoms in total. The predicted octanol–water partition coefficient (Wildman–Crippen LogP) is 0.209. The first kappa shape index (κ1) is 17.3. The van der Waals surface area contributed by atoms with Crippen LogP contribution in [0.3, 0.4) is 0 Å². The topological polar surface area (TPSA) is 66.0 Å². The number of nitrogens with zero attached hydrogens (tertiary/aromatic N) is 4. The molecule has 0 N–H and O–H groups in total. The Bertz CT molecular complexity index is 578. The van der Waals surface area contributed by atoms with Crippen molar-refractivity contribution in [2.45, 2.75) is 19.9 Å². The number of piperazine rings is 1. The zero-order chi connectivity index (χ0) is 16.9. The SMILES string of the molecule is CC(=O)N1CCN(C(=O)Cc2csc(CN3CCOCC3)n2)CC1. The Balaban J connectivity index is 1.47. The van der Waals surface area contributed by atoms with Gasteiger partial charge in [-0.1, -0.05) is 0 Å². The fourth-order valence-electron chi connectivity index (χ4n) is 2.99. The number of carbonyl (C=O) groups excluding carboxylic acids is 2. The summed E-state index contributed by atoms with van der Waals surface area (Å²) < 4.78 is 5.35. The third kappa shape index (κ3) is 4.52. The number of carbonyl (C=O) groups is 2. The molecule has 3 rings (SSSR count). The minimum absolute atomic E-state index is 0.0781. The summed E-state index contributed by atoms with van der Waals surface area (Å²) in [5, 5.41) is 3.04. The van der Waals surface area contributed by atoms with Crippen LogP contribution >= 0.6 is 11.3 Å². The summed E-state index contributed by atoms with van der Waals surface area (Å²) in [6, 6.07) is 0. The number of thiazole rings is 1. The van der Waals surface area contributed by atoms with Crippen LogP contribution in [0, 0.1) is 0 Å². The summed E-state index contributed by atoms with van der Waals surface area (Å²) in [4.78, 5) is 34.3. The molecular formula is C16H24N4O3S. The normalized spacial score (nSPS) is 19.5. The first-order valence-corrected chi connectivity index (χ1v) is 9.26. The molecule has 2 amide bonds. The predicted molar refractivity (Wildman–Crippen MR) is 90.7 cm³/mol. The Labute approximate surface area is 146 Å². The first-order valence-electron chi connectivity index (χ1n) is 8.38. The lowest BCUT2D eigenvalue weighted by atomic mass is 10.2. The van der Waals surface area contributed by atoms with Gasteiger partial charge in [0.1, 0.15) is 5.01 Å². The van der Waals surface area contributed by atoms with Crippen LogP contribution in [-0.4, -0.2) is 84.0 Å². The summed E-state index contributed by atoms with van der Waals surface area (Å²) in [6.07, 6.45) is 0.347. The van der Waals surface area contributed by atoms with Crippen LogP contribution < -0.4 is 0 Å². The smallest absolute Gasteiger partial charge is 0.228 e. The Morgan fingerprint density at radius 2 is 1.79 bits per heavy atom. The number of morpholine rings is 1. The van der Waals surface area contributed by atoms with Gasteiger partial charge < -0.3 is 14.5 Å². The van der Waals surface area contributed by atoms with Crippen molar-refractivity contribution >= 4 is 23.2 Å². The second-order valence-corrected chi connectivity index (χ2v) is 7.13. The molecule has 2 aliphatic rings. The van der Waals surface area contributed by atoms with Gasteiger partial charge in [0.25, 0.3) is 0 Å². The fourth-order valence-corrected chi connectivity index (χ4v) is 3.83. The van der Waals surface area contributed by atoms with Crippen LogP contribution in [0.5, 0.6) is 0 Å². The zero-order valence-corrected chi connectivity index (χ0v) is 14.9. The van der Waals surface area contributed by atoms with Crippen molar-refractivity contribution in [3.63, 3.8) is 0 Å². The lowest BCUT2D eigenvalue weighted by Crippen LogP contribution is -2.50. The van der Waals surface area contributed by atoms with Gasteiger partial charge in [0.15, 0.2) is 0 Å². The molecule has 0 bridgehead atoms. The molecule has 0 radical (unpaired) electrons. The van der Waals surface area contributed by atoms with E-state index >= 15 is 0 Å². The Morgan fingerprint density at radius 1 is 1.12 bits per heavy atom. The Morgan fingerprint density at radius 3 is 2.46 bits per heavy atom. The number of aromatic nitrogens is 1. The van der Waals surface area contributed by atoms with Crippen molar-refractivity contribution in [2.75, 3.05) is 52.5 Å². The molecule has 132 valence electrons. The van der Waals surface area contributed by atoms with Gasteiger partial charge in [0.2, 0.25) is 11.8 Å². The second-order valence-electron chi connectivity index (χ2n) is 6.18. The fraction of sp³-hybridized carbons (Fsp3) is 0.688. The molecule has 0 atom stereocenters. The highest BCUT2D eigenvalue weighted by Gasteiger charge is 2.23. The number of amides is 2. The molecule has 8 heteroatoms. The first-order chi connectivity index (χ1) is 11.6. The van der Waals surface area contributed by atoms with Gasteiger partial charge in [-0.2, -0.15) is 0 Å². The van der Waals surface area contributed by atoms with E-state index in [-0.39, 0.29) is 11.8 Å². The standard InChI is InChI=1S/C16H24N4O3S/c1-13(21)19-2-4-20(5-3-19)16(22)10-14-12-24-15(17-14)11-18-6-8-23-9-7-18/h12H,2-11H2,1H3. The molecule has 24 heavy (non-hydrogen) atoms. The van der Waals surface area contributed by atoms with E-state index in [1.165, 1.54) is 0 Å². The highest BCUT2D eigenvalue weighted by molar-refractivity contribution is 7.09. The molecular weight excluding hydrogens is 328 g/mol. The molecule has 2 fully saturated rings. The van der Waals surface area contributed by atoms with Gasteiger partial charge >= 0.3 is 0 Å². The summed E-state index contributed by atoms with van der Waals surface area (Å²) >= 11 is 1.62. The maximum atomic E-state index is 12.4. The van der Waals surface area contributed by atoms with Crippen molar-refractivity contribution < 1.29 is 14.3 Å². The van der Waals surface area contributed by atoms with E-state index in [1.54, 1.807) is 23.2 Å². The van der Waals surface area contributed by atoms with Crippen LogP contribution in [0.4, 0.5) is 0 Å². The second kappa shape index (κ2) is 8.04. The average molecular weight is 352 g/mol. The third-order valence-electron chi connectivity index (χ3n) is 4.47. The van der Waals surface area contributed by atoms with Crippen molar-refractivity contribution in [3.8, 4) is 0 Å². The van der Waals surface area contributed by atoms with Crippen molar-refractivity contribution in [3.05, 3.63) is 16.1 Å². The molecule has 3 heterocycles. The van der Waals surface area contributed by atoms with E-state index < -0.39 is 0 Å². The number of ether oxygens (including phenoxy) is 1. The van der Waals surface area contributed by atoms with Gasteiger partial charge in [-0.3, -0.25) is 14.5 Å². The van der Waals surface area contributed by atoms with E-state index in [2.05, 4.69) is 9.88 Å². The molecule has 0 aromatic carbocycles. The van der Waals surface area contributed by atoms with Crippen LogP contribution in [0.2, 0.25) is 0 Å². The van der Waals surface area contributed by atoms with Crippen LogP contribution in [0.1, 0.15) is 17.6 Å². The third-order valence-corrected chi connectivity index (χ3v) is 5.35. The van der Waals surface area contributed by atoms with E-state index in [0.717, 1.165) is 43.5 Å². The molecule has 0 aliphatic carbocycles.